The Bertz CT molecular complexity index is 591. The van der Waals surface area contributed by atoms with Crippen LogP contribution in [-0.2, 0) is 17.6 Å². The van der Waals surface area contributed by atoms with E-state index >= 15 is 0 Å². The summed E-state index contributed by atoms with van der Waals surface area (Å²) in [6, 6.07) is 4.57. The maximum Gasteiger partial charge on any atom is 0.309 e. The third-order valence-corrected chi connectivity index (χ3v) is 5.65. The summed E-state index contributed by atoms with van der Waals surface area (Å²) >= 11 is 0. The highest BCUT2D eigenvalue weighted by atomic mass is 16.4. The van der Waals surface area contributed by atoms with Gasteiger partial charge in [-0.15, -0.1) is 0 Å². The van der Waals surface area contributed by atoms with Gasteiger partial charge >= 0.3 is 5.97 Å². The zero-order valence-electron chi connectivity index (χ0n) is 18.2. The third kappa shape index (κ3) is 7.51. The van der Waals surface area contributed by atoms with Crippen molar-refractivity contribution in [3.8, 4) is 0 Å². The Kier molecular flexibility index (Phi) is 8.37. The van der Waals surface area contributed by atoms with Crippen LogP contribution in [0, 0.1) is 24.7 Å². The van der Waals surface area contributed by atoms with Gasteiger partial charge in [0.15, 0.2) is 0 Å². The highest BCUT2D eigenvalue weighted by Gasteiger charge is 2.26. The first-order valence-electron chi connectivity index (χ1n) is 10.3. The van der Waals surface area contributed by atoms with Crippen molar-refractivity contribution in [1.29, 1.82) is 0 Å². The average molecular weight is 361 g/mol. The number of hydrogen-bond acceptors (Lipinski definition) is 1. The van der Waals surface area contributed by atoms with Gasteiger partial charge < -0.3 is 5.11 Å². The average Bonchev–Trinajstić information content (AvgIpc) is 2.52. The molecule has 0 saturated carbocycles. The molecule has 0 unspecified atom stereocenters. The van der Waals surface area contributed by atoms with E-state index in [0.717, 1.165) is 32.1 Å². The number of carboxylic acids is 1. The number of unbranched alkanes of at least 4 members (excludes halogenated alkanes) is 2. The summed E-state index contributed by atoms with van der Waals surface area (Å²) in [6.07, 6.45) is 8.81. The highest BCUT2D eigenvalue weighted by molar-refractivity contribution is 5.73. The maximum absolute atomic E-state index is 11.3. The van der Waals surface area contributed by atoms with Gasteiger partial charge in [-0.05, 0) is 93.9 Å². The lowest BCUT2D eigenvalue weighted by Gasteiger charge is -2.20. The van der Waals surface area contributed by atoms with Crippen LogP contribution in [0.15, 0.2) is 12.1 Å². The minimum Gasteiger partial charge on any atom is -0.481 e. The minimum absolute atomic E-state index is 0.420. The van der Waals surface area contributed by atoms with Crippen molar-refractivity contribution in [2.75, 3.05) is 0 Å². The molecule has 0 bridgehead atoms. The number of benzene rings is 1. The first kappa shape index (κ1) is 22.7. The van der Waals surface area contributed by atoms with E-state index in [4.69, 9.17) is 0 Å². The third-order valence-electron chi connectivity index (χ3n) is 5.65. The number of carboxylic acid groups (broad SMARTS) is 1. The first-order valence-corrected chi connectivity index (χ1v) is 10.3. The molecule has 2 nitrogen and oxygen atoms in total. The molecule has 1 aromatic rings. The summed E-state index contributed by atoms with van der Waals surface area (Å²) in [7, 11) is 0. The largest absolute Gasteiger partial charge is 0.481 e. The Morgan fingerprint density at radius 3 is 2.04 bits per heavy atom. The molecule has 148 valence electrons. The first-order chi connectivity index (χ1) is 11.9. The summed E-state index contributed by atoms with van der Waals surface area (Å²) < 4.78 is 0. The molecular formula is C24H40O2. The molecule has 0 spiro atoms. The Labute approximate surface area is 161 Å². The zero-order chi connectivity index (χ0) is 20.0. The van der Waals surface area contributed by atoms with E-state index in [9.17, 15) is 9.90 Å². The van der Waals surface area contributed by atoms with E-state index in [-0.39, 0.29) is 0 Å². The van der Waals surface area contributed by atoms with Crippen molar-refractivity contribution < 1.29 is 9.90 Å². The van der Waals surface area contributed by atoms with Gasteiger partial charge in [-0.1, -0.05) is 45.7 Å². The fraction of sp³-hybridized carbons (Fsp3) is 0.708. The predicted octanol–water partition coefficient (Wildman–Crippen LogP) is 6.89. The van der Waals surface area contributed by atoms with Crippen LogP contribution in [-0.4, -0.2) is 11.1 Å². The molecule has 0 aromatic heterocycles. The number of aliphatic carboxylic acids is 1. The Balaban J connectivity index is 2.65. The fourth-order valence-electron chi connectivity index (χ4n) is 3.46. The van der Waals surface area contributed by atoms with Crippen molar-refractivity contribution in [2.45, 2.75) is 99.8 Å². The summed E-state index contributed by atoms with van der Waals surface area (Å²) in [6.45, 7) is 15.0. The van der Waals surface area contributed by atoms with Gasteiger partial charge in [-0.25, -0.2) is 0 Å². The Hall–Kier alpha value is -1.31. The fourth-order valence-corrected chi connectivity index (χ4v) is 3.46. The van der Waals surface area contributed by atoms with E-state index in [1.807, 2.05) is 13.8 Å². The van der Waals surface area contributed by atoms with Crippen molar-refractivity contribution in [1.82, 2.24) is 0 Å². The van der Waals surface area contributed by atoms with Crippen LogP contribution in [0.2, 0.25) is 0 Å². The van der Waals surface area contributed by atoms with E-state index in [0.29, 0.717) is 5.41 Å². The number of carbonyl (C=O) groups is 1. The minimum atomic E-state index is -0.691. The second-order valence-electron chi connectivity index (χ2n) is 9.81. The SMILES string of the molecule is Cc1ccc(CCCCC(C)(C)C)c(CCCCC(C)(C)C(=O)O)c1C. The van der Waals surface area contributed by atoms with Gasteiger partial charge in [0.2, 0.25) is 0 Å². The quantitative estimate of drug-likeness (QED) is 0.461. The molecule has 0 aliphatic heterocycles. The van der Waals surface area contributed by atoms with Crippen LogP contribution >= 0.6 is 0 Å². The molecule has 26 heavy (non-hydrogen) atoms. The van der Waals surface area contributed by atoms with Crippen LogP contribution in [0.3, 0.4) is 0 Å². The predicted molar refractivity (Wildman–Crippen MR) is 112 cm³/mol. The molecular weight excluding hydrogens is 320 g/mol. The van der Waals surface area contributed by atoms with Gasteiger partial charge in [0.05, 0.1) is 5.41 Å². The Morgan fingerprint density at radius 1 is 0.885 bits per heavy atom. The summed E-state index contributed by atoms with van der Waals surface area (Å²) in [5.74, 6) is -0.691. The molecule has 0 fully saturated rings. The molecule has 0 aliphatic carbocycles. The highest BCUT2D eigenvalue weighted by Crippen LogP contribution is 2.27. The van der Waals surface area contributed by atoms with Crippen LogP contribution < -0.4 is 0 Å². The molecule has 0 amide bonds. The smallest absolute Gasteiger partial charge is 0.309 e. The van der Waals surface area contributed by atoms with Crippen molar-refractivity contribution >= 4 is 5.97 Å². The lowest BCUT2D eigenvalue weighted by Crippen LogP contribution is -2.23. The Morgan fingerprint density at radius 2 is 1.46 bits per heavy atom. The van der Waals surface area contributed by atoms with E-state index in [1.165, 1.54) is 41.5 Å². The van der Waals surface area contributed by atoms with Crippen molar-refractivity contribution in [3.63, 3.8) is 0 Å². The molecule has 1 N–H and O–H groups in total. The molecule has 0 atom stereocenters. The van der Waals surface area contributed by atoms with Gasteiger partial charge in [-0.3, -0.25) is 4.79 Å². The van der Waals surface area contributed by atoms with Crippen LogP contribution in [0.1, 0.15) is 95.4 Å². The van der Waals surface area contributed by atoms with E-state index in [2.05, 4.69) is 46.8 Å². The molecule has 0 saturated heterocycles. The molecule has 2 heteroatoms. The number of hydrogen-bond donors (Lipinski definition) is 1. The number of aryl methyl sites for hydroxylation is 2. The molecule has 0 heterocycles. The van der Waals surface area contributed by atoms with Gasteiger partial charge in [0.25, 0.3) is 0 Å². The van der Waals surface area contributed by atoms with Crippen LogP contribution in [0.5, 0.6) is 0 Å². The van der Waals surface area contributed by atoms with E-state index < -0.39 is 11.4 Å². The lowest BCUT2D eigenvalue weighted by molar-refractivity contribution is -0.147. The molecule has 1 aromatic carbocycles. The van der Waals surface area contributed by atoms with Crippen LogP contribution in [0.25, 0.3) is 0 Å². The normalized spacial score (nSPS) is 12.4. The summed E-state index contributed by atoms with van der Waals surface area (Å²) in [5.41, 5.74) is 5.61. The van der Waals surface area contributed by atoms with Crippen molar-refractivity contribution in [3.05, 3.63) is 34.4 Å². The second kappa shape index (κ2) is 9.58. The molecule has 0 radical (unpaired) electrons. The summed E-state index contributed by atoms with van der Waals surface area (Å²) in [5, 5.41) is 9.26. The zero-order valence-corrected chi connectivity index (χ0v) is 18.2. The summed E-state index contributed by atoms with van der Waals surface area (Å²) in [4.78, 5) is 11.3. The number of rotatable bonds is 10. The van der Waals surface area contributed by atoms with Crippen molar-refractivity contribution in [2.24, 2.45) is 10.8 Å². The molecule has 0 aliphatic rings. The standard InChI is InChI=1S/C24H40O2/c1-18-14-15-20(12-8-10-16-23(3,4)5)21(19(18)2)13-9-11-17-24(6,7)22(25)26/h14-15H,8-13,16-17H2,1-7H3,(H,25,26). The maximum atomic E-state index is 11.3. The second-order valence-corrected chi connectivity index (χ2v) is 9.81. The molecule has 1 rings (SSSR count). The van der Waals surface area contributed by atoms with Crippen LogP contribution in [0.4, 0.5) is 0 Å². The topological polar surface area (TPSA) is 37.3 Å². The van der Waals surface area contributed by atoms with Gasteiger partial charge in [-0.2, -0.15) is 0 Å². The lowest BCUT2D eigenvalue weighted by atomic mass is 9.85. The van der Waals surface area contributed by atoms with Gasteiger partial charge in [0.1, 0.15) is 0 Å². The van der Waals surface area contributed by atoms with E-state index in [1.54, 1.807) is 0 Å². The monoisotopic (exact) mass is 360 g/mol. The van der Waals surface area contributed by atoms with Gasteiger partial charge in [0, 0.05) is 0 Å².